The standard InChI is InChI=1S/C11H14N4O/c16-9-2-4-15-11(6-9)13-10(14-15)5-8-1-3-12-7-8/h2,4,6,8,12H,1,3,5,7H2,(H,13,14). The highest BCUT2D eigenvalue weighted by Crippen LogP contribution is 2.12. The number of nitrogens with one attached hydrogen (secondary N) is 2. The summed E-state index contributed by atoms with van der Waals surface area (Å²) in [5.74, 6) is 1.62. The zero-order chi connectivity index (χ0) is 11.0. The Hall–Kier alpha value is -1.62. The van der Waals surface area contributed by atoms with Gasteiger partial charge in [0.25, 0.3) is 0 Å². The molecule has 0 bridgehead atoms. The molecule has 2 aromatic rings. The van der Waals surface area contributed by atoms with Crippen LogP contribution in [0.5, 0.6) is 0 Å². The minimum Gasteiger partial charge on any atom is -0.316 e. The van der Waals surface area contributed by atoms with E-state index in [0.29, 0.717) is 11.6 Å². The molecular formula is C11H14N4O. The number of pyridine rings is 1. The zero-order valence-corrected chi connectivity index (χ0v) is 8.94. The summed E-state index contributed by atoms with van der Waals surface area (Å²) in [7, 11) is 0. The maximum atomic E-state index is 11.2. The zero-order valence-electron chi connectivity index (χ0n) is 8.94. The third kappa shape index (κ3) is 1.74. The van der Waals surface area contributed by atoms with Gasteiger partial charge in [0.15, 0.2) is 11.1 Å². The van der Waals surface area contributed by atoms with Crippen LogP contribution < -0.4 is 10.7 Å². The van der Waals surface area contributed by atoms with Crippen LogP contribution in [0.25, 0.3) is 5.65 Å². The summed E-state index contributed by atoms with van der Waals surface area (Å²) in [6.45, 7) is 2.16. The Labute approximate surface area is 92.5 Å². The highest BCUT2D eigenvalue weighted by atomic mass is 16.1. The predicted octanol–water partition coefficient (Wildman–Crippen LogP) is 0.175. The first-order chi connectivity index (χ1) is 7.81. The lowest BCUT2D eigenvalue weighted by Crippen LogP contribution is -2.11. The second kappa shape index (κ2) is 3.75. The predicted molar refractivity (Wildman–Crippen MR) is 60.5 cm³/mol. The molecule has 0 aliphatic carbocycles. The van der Waals surface area contributed by atoms with E-state index < -0.39 is 0 Å². The van der Waals surface area contributed by atoms with E-state index in [2.05, 4.69) is 15.4 Å². The quantitative estimate of drug-likeness (QED) is 0.755. The van der Waals surface area contributed by atoms with E-state index >= 15 is 0 Å². The molecule has 0 amide bonds. The summed E-state index contributed by atoms with van der Waals surface area (Å²) in [6, 6.07) is 3.08. The van der Waals surface area contributed by atoms with Gasteiger partial charge in [-0.2, -0.15) is 0 Å². The molecule has 1 aliphatic rings. The first-order valence-corrected chi connectivity index (χ1v) is 5.59. The first kappa shape index (κ1) is 9.59. The van der Waals surface area contributed by atoms with Gasteiger partial charge in [0.1, 0.15) is 5.82 Å². The lowest BCUT2D eigenvalue weighted by atomic mass is 10.1. The number of rotatable bonds is 2. The molecule has 5 heteroatoms. The van der Waals surface area contributed by atoms with E-state index in [1.165, 1.54) is 12.5 Å². The Morgan fingerprint density at radius 3 is 3.31 bits per heavy atom. The van der Waals surface area contributed by atoms with E-state index in [0.717, 1.165) is 25.3 Å². The molecule has 84 valence electrons. The topological polar surface area (TPSA) is 62.2 Å². The van der Waals surface area contributed by atoms with Gasteiger partial charge in [-0.1, -0.05) is 0 Å². The fourth-order valence-electron chi connectivity index (χ4n) is 2.21. The first-order valence-electron chi connectivity index (χ1n) is 5.59. The maximum Gasteiger partial charge on any atom is 0.183 e. The molecule has 5 nitrogen and oxygen atoms in total. The second-order valence-corrected chi connectivity index (χ2v) is 4.32. The molecule has 1 atom stereocenters. The third-order valence-electron chi connectivity index (χ3n) is 3.05. The van der Waals surface area contributed by atoms with Crippen LogP contribution in [-0.4, -0.2) is 27.7 Å². The summed E-state index contributed by atoms with van der Waals surface area (Å²) in [6.07, 6.45) is 3.87. The van der Waals surface area contributed by atoms with Crippen LogP contribution in [-0.2, 0) is 6.42 Å². The monoisotopic (exact) mass is 218 g/mol. The van der Waals surface area contributed by atoms with Crippen molar-refractivity contribution in [3.8, 4) is 0 Å². The average Bonchev–Trinajstić information content (AvgIpc) is 2.86. The average molecular weight is 218 g/mol. The molecule has 2 aromatic heterocycles. The second-order valence-electron chi connectivity index (χ2n) is 4.32. The Balaban J connectivity index is 1.89. The number of hydrogen-bond acceptors (Lipinski definition) is 3. The summed E-state index contributed by atoms with van der Waals surface area (Å²) >= 11 is 0. The van der Waals surface area contributed by atoms with Crippen molar-refractivity contribution in [1.82, 2.24) is 19.9 Å². The van der Waals surface area contributed by atoms with Crippen LogP contribution in [0, 0.1) is 5.92 Å². The molecular weight excluding hydrogens is 204 g/mol. The number of nitrogens with zero attached hydrogens (tertiary/aromatic N) is 2. The highest BCUT2D eigenvalue weighted by Gasteiger charge is 2.16. The molecule has 0 saturated carbocycles. The van der Waals surface area contributed by atoms with Crippen LogP contribution in [0.3, 0.4) is 0 Å². The summed E-state index contributed by atoms with van der Waals surface area (Å²) in [5.41, 5.74) is 0.703. The van der Waals surface area contributed by atoms with E-state index in [4.69, 9.17) is 0 Å². The fourth-order valence-corrected chi connectivity index (χ4v) is 2.21. The minimum atomic E-state index is 0.000540. The van der Waals surface area contributed by atoms with Crippen LogP contribution in [0.1, 0.15) is 12.2 Å². The van der Waals surface area contributed by atoms with Gasteiger partial charge in [0, 0.05) is 24.8 Å². The molecule has 1 fully saturated rings. The summed E-state index contributed by atoms with van der Waals surface area (Å²) in [5, 5.41) is 6.53. The van der Waals surface area contributed by atoms with Gasteiger partial charge in [-0.25, -0.2) is 9.50 Å². The largest absolute Gasteiger partial charge is 0.316 e. The number of hydrogen-bond donors (Lipinski definition) is 2. The third-order valence-corrected chi connectivity index (χ3v) is 3.05. The molecule has 0 spiro atoms. The lowest BCUT2D eigenvalue weighted by molar-refractivity contribution is 0.561. The van der Waals surface area contributed by atoms with Crippen LogP contribution >= 0.6 is 0 Å². The molecule has 0 aromatic carbocycles. The fraction of sp³-hybridized carbons (Fsp3) is 0.455. The van der Waals surface area contributed by atoms with Crippen molar-refractivity contribution < 1.29 is 0 Å². The number of aromatic amines is 1. The van der Waals surface area contributed by atoms with Crippen molar-refractivity contribution in [3.63, 3.8) is 0 Å². The van der Waals surface area contributed by atoms with Crippen molar-refractivity contribution in [2.75, 3.05) is 13.1 Å². The van der Waals surface area contributed by atoms with E-state index in [9.17, 15) is 4.79 Å². The van der Waals surface area contributed by atoms with Crippen molar-refractivity contribution in [3.05, 3.63) is 34.4 Å². The van der Waals surface area contributed by atoms with Gasteiger partial charge in [-0.05, 0) is 25.4 Å². The minimum absolute atomic E-state index is 0.000540. The van der Waals surface area contributed by atoms with Crippen LogP contribution in [0.15, 0.2) is 23.1 Å². The Morgan fingerprint density at radius 1 is 1.56 bits per heavy atom. The Morgan fingerprint density at radius 2 is 2.50 bits per heavy atom. The van der Waals surface area contributed by atoms with Crippen LogP contribution in [0.4, 0.5) is 0 Å². The highest BCUT2D eigenvalue weighted by molar-refractivity contribution is 5.36. The Kier molecular flexibility index (Phi) is 2.25. The van der Waals surface area contributed by atoms with Crippen molar-refractivity contribution >= 4 is 5.65 Å². The van der Waals surface area contributed by atoms with Crippen LogP contribution in [0.2, 0.25) is 0 Å². The van der Waals surface area contributed by atoms with Gasteiger partial charge in [0.05, 0.1) is 0 Å². The Bertz CT molecular complexity index is 550. The normalized spacial score (nSPS) is 20.6. The van der Waals surface area contributed by atoms with Gasteiger partial charge < -0.3 is 5.32 Å². The lowest BCUT2D eigenvalue weighted by Gasteiger charge is -2.03. The van der Waals surface area contributed by atoms with Crippen molar-refractivity contribution in [2.45, 2.75) is 12.8 Å². The SMILES string of the molecule is O=c1ccn2[nH]c(CC3CCNC3)nc2c1. The number of H-pyrrole nitrogens is 1. The van der Waals surface area contributed by atoms with E-state index in [-0.39, 0.29) is 5.43 Å². The molecule has 3 rings (SSSR count). The van der Waals surface area contributed by atoms with Crippen molar-refractivity contribution in [2.24, 2.45) is 5.92 Å². The summed E-state index contributed by atoms with van der Waals surface area (Å²) in [4.78, 5) is 15.6. The molecule has 1 unspecified atom stereocenters. The van der Waals surface area contributed by atoms with Gasteiger partial charge in [0.2, 0.25) is 0 Å². The van der Waals surface area contributed by atoms with Gasteiger partial charge in [-0.15, -0.1) is 0 Å². The molecule has 16 heavy (non-hydrogen) atoms. The molecule has 2 N–H and O–H groups in total. The van der Waals surface area contributed by atoms with E-state index in [1.54, 1.807) is 16.8 Å². The van der Waals surface area contributed by atoms with E-state index in [1.807, 2.05) is 0 Å². The van der Waals surface area contributed by atoms with Gasteiger partial charge >= 0.3 is 0 Å². The summed E-state index contributed by atoms with van der Waals surface area (Å²) < 4.78 is 1.79. The van der Waals surface area contributed by atoms with Gasteiger partial charge in [-0.3, -0.25) is 9.89 Å². The number of aromatic nitrogens is 3. The number of fused-ring (bicyclic) bond motifs is 1. The molecule has 0 radical (unpaired) electrons. The molecule has 1 aliphatic heterocycles. The van der Waals surface area contributed by atoms with Crippen molar-refractivity contribution in [1.29, 1.82) is 0 Å². The molecule has 1 saturated heterocycles. The maximum absolute atomic E-state index is 11.2. The smallest absolute Gasteiger partial charge is 0.183 e. The molecule has 3 heterocycles.